The van der Waals surface area contributed by atoms with Gasteiger partial charge >= 0.3 is 0 Å². The van der Waals surface area contributed by atoms with Crippen molar-refractivity contribution in [3.8, 4) is 0 Å². The molecule has 1 aliphatic heterocycles. The summed E-state index contributed by atoms with van der Waals surface area (Å²) in [4.78, 5) is 2.47. The SMILES string of the molecule is CC.CCCCCC1CN(C)CC1C. The molecule has 0 saturated carbocycles. The summed E-state index contributed by atoms with van der Waals surface area (Å²) in [6, 6.07) is 0. The van der Waals surface area contributed by atoms with E-state index in [1.54, 1.807) is 0 Å². The van der Waals surface area contributed by atoms with E-state index in [1.165, 1.54) is 38.8 Å². The van der Waals surface area contributed by atoms with E-state index in [0.29, 0.717) is 0 Å². The van der Waals surface area contributed by atoms with Gasteiger partial charge in [0.25, 0.3) is 0 Å². The monoisotopic (exact) mass is 199 g/mol. The van der Waals surface area contributed by atoms with Crippen molar-refractivity contribution in [2.24, 2.45) is 11.8 Å². The van der Waals surface area contributed by atoms with Crippen LogP contribution in [-0.2, 0) is 0 Å². The third kappa shape index (κ3) is 4.99. The molecule has 1 saturated heterocycles. The van der Waals surface area contributed by atoms with E-state index in [9.17, 15) is 0 Å². The van der Waals surface area contributed by atoms with Gasteiger partial charge in [-0.05, 0) is 25.3 Å². The minimum atomic E-state index is 0.937. The van der Waals surface area contributed by atoms with Gasteiger partial charge in [-0.25, -0.2) is 0 Å². The smallest absolute Gasteiger partial charge is 0.000975 e. The summed E-state index contributed by atoms with van der Waals surface area (Å²) in [6.45, 7) is 11.3. The van der Waals surface area contributed by atoms with Crippen LogP contribution in [0.3, 0.4) is 0 Å². The first-order chi connectivity index (χ1) is 6.74. The van der Waals surface area contributed by atoms with Gasteiger partial charge in [0.15, 0.2) is 0 Å². The summed E-state index contributed by atoms with van der Waals surface area (Å²) < 4.78 is 0. The molecule has 0 bridgehead atoms. The van der Waals surface area contributed by atoms with E-state index in [1.807, 2.05) is 13.8 Å². The van der Waals surface area contributed by atoms with Gasteiger partial charge in [-0.3, -0.25) is 0 Å². The predicted octanol–water partition coefficient (Wildman–Crippen LogP) is 3.79. The Morgan fingerprint density at radius 3 is 2.21 bits per heavy atom. The average molecular weight is 199 g/mol. The van der Waals surface area contributed by atoms with Crippen LogP contribution in [0.4, 0.5) is 0 Å². The van der Waals surface area contributed by atoms with E-state index in [4.69, 9.17) is 0 Å². The summed E-state index contributed by atoms with van der Waals surface area (Å²) >= 11 is 0. The van der Waals surface area contributed by atoms with E-state index in [2.05, 4.69) is 25.8 Å². The van der Waals surface area contributed by atoms with Crippen molar-refractivity contribution in [1.29, 1.82) is 0 Å². The topological polar surface area (TPSA) is 3.24 Å². The van der Waals surface area contributed by atoms with Gasteiger partial charge in [0.05, 0.1) is 0 Å². The van der Waals surface area contributed by atoms with Gasteiger partial charge in [0.1, 0.15) is 0 Å². The van der Waals surface area contributed by atoms with Crippen molar-refractivity contribution in [2.75, 3.05) is 20.1 Å². The maximum Gasteiger partial charge on any atom is 0.000975 e. The zero-order valence-corrected chi connectivity index (χ0v) is 10.8. The molecule has 0 N–H and O–H groups in total. The van der Waals surface area contributed by atoms with Crippen LogP contribution < -0.4 is 0 Å². The molecule has 0 radical (unpaired) electrons. The maximum absolute atomic E-state index is 2.47. The van der Waals surface area contributed by atoms with Crippen LogP contribution in [0.25, 0.3) is 0 Å². The van der Waals surface area contributed by atoms with Crippen LogP contribution >= 0.6 is 0 Å². The summed E-state index contributed by atoms with van der Waals surface area (Å²) in [5.74, 6) is 1.92. The van der Waals surface area contributed by atoms with Gasteiger partial charge in [-0.1, -0.05) is 47.0 Å². The largest absolute Gasteiger partial charge is 0.306 e. The molecule has 1 aliphatic rings. The Kier molecular flexibility index (Phi) is 8.26. The number of hydrogen-bond donors (Lipinski definition) is 0. The van der Waals surface area contributed by atoms with Gasteiger partial charge in [-0.15, -0.1) is 0 Å². The normalized spacial score (nSPS) is 27.2. The minimum absolute atomic E-state index is 0.937. The first-order valence-corrected chi connectivity index (χ1v) is 6.42. The molecule has 1 rings (SSSR count). The van der Waals surface area contributed by atoms with Crippen LogP contribution in [-0.4, -0.2) is 25.0 Å². The molecule has 1 nitrogen and oxygen atoms in total. The van der Waals surface area contributed by atoms with E-state index >= 15 is 0 Å². The van der Waals surface area contributed by atoms with Crippen LogP contribution in [0.15, 0.2) is 0 Å². The van der Waals surface area contributed by atoms with Crippen molar-refractivity contribution in [2.45, 2.75) is 53.4 Å². The fourth-order valence-corrected chi connectivity index (χ4v) is 2.33. The molecular weight excluding hydrogens is 170 g/mol. The van der Waals surface area contributed by atoms with Crippen LogP contribution in [0.2, 0.25) is 0 Å². The first-order valence-electron chi connectivity index (χ1n) is 6.42. The number of nitrogens with zero attached hydrogens (tertiary/aromatic N) is 1. The zero-order chi connectivity index (χ0) is 11.0. The lowest BCUT2D eigenvalue weighted by Gasteiger charge is -2.12. The third-order valence-corrected chi connectivity index (χ3v) is 3.13. The van der Waals surface area contributed by atoms with E-state index < -0.39 is 0 Å². The molecule has 0 amide bonds. The van der Waals surface area contributed by atoms with Crippen LogP contribution in [0.1, 0.15) is 53.4 Å². The van der Waals surface area contributed by atoms with Crippen LogP contribution in [0, 0.1) is 11.8 Å². The second-order valence-corrected chi connectivity index (χ2v) is 4.45. The highest BCUT2D eigenvalue weighted by Crippen LogP contribution is 2.26. The number of rotatable bonds is 4. The molecule has 14 heavy (non-hydrogen) atoms. The Labute approximate surface area is 90.9 Å². The summed E-state index contributed by atoms with van der Waals surface area (Å²) in [5.41, 5.74) is 0. The Morgan fingerprint density at radius 2 is 1.79 bits per heavy atom. The Hall–Kier alpha value is -0.0400. The third-order valence-electron chi connectivity index (χ3n) is 3.13. The van der Waals surface area contributed by atoms with Crippen molar-refractivity contribution in [3.63, 3.8) is 0 Å². The Morgan fingerprint density at radius 1 is 1.14 bits per heavy atom. The molecule has 0 aromatic rings. The highest BCUT2D eigenvalue weighted by atomic mass is 15.1. The van der Waals surface area contributed by atoms with Gasteiger partial charge < -0.3 is 4.90 Å². The van der Waals surface area contributed by atoms with Crippen LogP contribution in [0.5, 0.6) is 0 Å². The highest BCUT2D eigenvalue weighted by Gasteiger charge is 2.26. The molecule has 2 atom stereocenters. The lowest BCUT2D eigenvalue weighted by molar-refractivity contribution is 0.380. The molecule has 2 unspecified atom stereocenters. The number of hydrogen-bond acceptors (Lipinski definition) is 1. The number of unbranched alkanes of at least 4 members (excludes halogenated alkanes) is 2. The molecule has 0 aromatic heterocycles. The summed E-state index contributed by atoms with van der Waals surface area (Å²) in [7, 11) is 2.25. The number of likely N-dealkylation sites (tertiary alicyclic amines) is 1. The molecular formula is C13H29N. The second kappa shape index (κ2) is 8.28. The molecule has 0 aromatic carbocycles. The molecule has 0 spiro atoms. The molecule has 0 aliphatic carbocycles. The Balaban J connectivity index is 0.000000791. The molecule has 1 heteroatoms. The maximum atomic E-state index is 2.47. The lowest BCUT2D eigenvalue weighted by atomic mass is 9.92. The van der Waals surface area contributed by atoms with Gasteiger partial charge in [0.2, 0.25) is 0 Å². The summed E-state index contributed by atoms with van der Waals surface area (Å²) in [6.07, 6.45) is 5.68. The van der Waals surface area contributed by atoms with E-state index in [-0.39, 0.29) is 0 Å². The van der Waals surface area contributed by atoms with E-state index in [0.717, 1.165) is 11.8 Å². The van der Waals surface area contributed by atoms with Gasteiger partial charge in [0, 0.05) is 13.1 Å². The minimum Gasteiger partial charge on any atom is -0.306 e. The fraction of sp³-hybridized carbons (Fsp3) is 1.00. The summed E-state index contributed by atoms with van der Waals surface area (Å²) in [5, 5.41) is 0. The molecule has 1 heterocycles. The predicted molar refractivity (Wildman–Crippen MR) is 65.6 cm³/mol. The lowest BCUT2D eigenvalue weighted by Crippen LogP contribution is -2.13. The fourth-order valence-electron chi connectivity index (χ4n) is 2.33. The van der Waals surface area contributed by atoms with Crippen molar-refractivity contribution in [3.05, 3.63) is 0 Å². The second-order valence-electron chi connectivity index (χ2n) is 4.45. The van der Waals surface area contributed by atoms with Crippen molar-refractivity contribution >= 4 is 0 Å². The molecule has 86 valence electrons. The highest BCUT2D eigenvalue weighted by molar-refractivity contribution is 4.78. The van der Waals surface area contributed by atoms with Crippen molar-refractivity contribution in [1.82, 2.24) is 4.90 Å². The zero-order valence-electron chi connectivity index (χ0n) is 10.8. The Bertz CT molecular complexity index is 122. The first kappa shape index (κ1) is 14.0. The average Bonchev–Trinajstić information content (AvgIpc) is 2.49. The van der Waals surface area contributed by atoms with Gasteiger partial charge in [-0.2, -0.15) is 0 Å². The van der Waals surface area contributed by atoms with Crippen molar-refractivity contribution < 1.29 is 0 Å². The standard InChI is InChI=1S/C11H23N.C2H6/c1-4-5-6-7-11-9-12(3)8-10(11)2;1-2/h10-11H,4-9H2,1-3H3;1-2H3. The quantitative estimate of drug-likeness (QED) is 0.623. The molecule has 1 fully saturated rings.